The third-order valence-corrected chi connectivity index (χ3v) is 5.78. The fraction of sp³-hybridized carbons (Fsp3) is 0.200. The number of halogens is 2. The number of rotatable bonds is 4. The molecule has 1 aliphatic heterocycles. The SMILES string of the molecule is O=C(Nc1ccc(F)cc1)c1cccc([C@@H]2CCCN(C(=O)Nc3ccc(Cl)cc3)C2)c1. The zero-order valence-corrected chi connectivity index (χ0v) is 18.1. The summed E-state index contributed by atoms with van der Waals surface area (Å²) in [7, 11) is 0. The number of piperidine rings is 1. The van der Waals surface area contributed by atoms with Gasteiger partial charge in [0.25, 0.3) is 5.91 Å². The Hall–Kier alpha value is -3.38. The Morgan fingerprint density at radius 1 is 0.938 bits per heavy atom. The van der Waals surface area contributed by atoms with E-state index in [4.69, 9.17) is 11.6 Å². The first-order valence-electron chi connectivity index (χ1n) is 10.5. The Bertz CT molecular complexity index is 1100. The summed E-state index contributed by atoms with van der Waals surface area (Å²) in [6.45, 7) is 1.25. The van der Waals surface area contributed by atoms with E-state index in [-0.39, 0.29) is 23.7 Å². The molecule has 1 saturated heterocycles. The van der Waals surface area contributed by atoms with Crippen molar-refractivity contribution in [3.05, 3.63) is 94.8 Å². The Kier molecular flexibility index (Phi) is 6.71. The molecule has 0 saturated carbocycles. The number of benzene rings is 3. The minimum Gasteiger partial charge on any atom is -0.324 e. The maximum absolute atomic E-state index is 13.1. The lowest BCUT2D eigenvalue weighted by Gasteiger charge is -2.33. The molecule has 0 bridgehead atoms. The number of hydrogen-bond acceptors (Lipinski definition) is 2. The van der Waals surface area contributed by atoms with Crippen molar-refractivity contribution in [1.82, 2.24) is 4.90 Å². The molecule has 7 heteroatoms. The first kappa shape index (κ1) is 21.8. The predicted molar refractivity (Wildman–Crippen MR) is 125 cm³/mol. The zero-order chi connectivity index (χ0) is 22.5. The van der Waals surface area contributed by atoms with Crippen molar-refractivity contribution in [2.45, 2.75) is 18.8 Å². The summed E-state index contributed by atoms with van der Waals surface area (Å²) in [6.07, 6.45) is 1.82. The number of likely N-dealkylation sites (tertiary alicyclic amines) is 1. The summed E-state index contributed by atoms with van der Waals surface area (Å²) < 4.78 is 13.1. The second-order valence-electron chi connectivity index (χ2n) is 7.81. The summed E-state index contributed by atoms with van der Waals surface area (Å²) >= 11 is 5.90. The molecule has 1 atom stereocenters. The smallest absolute Gasteiger partial charge is 0.321 e. The minimum absolute atomic E-state index is 0.137. The summed E-state index contributed by atoms with van der Waals surface area (Å²) in [4.78, 5) is 27.2. The molecule has 3 aromatic carbocycles. The third-order valence-electron chi connectivity index (χ3n) is 5.53. The van der Waals surface area contributed by atoms with E-state index in [1.165, 1.54) is 24.3 Å². The van der Waals surface area contributed by atoms with E-state index in [1.54, 1.807) is 35.2 Å². The molecule has 164 valence electrons. The van der Waals surface area contributed by atoms with Gasteiger partial charge in [-0.2, -0.15) is 0 Å². The molecule has 0 aromatic heterocycles. The lowest BCUT2D eigenvalue weighted by atomic mass is 9.89. The van der Waals surface area contributed by atoms with E-state index in [0.29, 0.717) is 35.1 Å². The second-order valence-corrected chi connectivity index (χ2v) is 8.25. The van der Waals surface area contributed by atoms with E-state index < -0.39 is 0 Å². The highest BCUT2D eigenvalue weighted by molar-refractivity contribution is 6.30. The van der Waals surface area contributed by atoms with Gasteiger partial charge in [-0.05, 0) is 79.1 Å². The van der Waals surface area contributed by atoms with Gasteiger partial charge >= 0.3 is 6.03 Å². The van der Waals surface area contributed by atoms with Gasteiger partial charge in [-0.15, -0.1) is 0 Å². The highest BCUT2D eigenvalue weighted by atomic mass is 35.5. The van der Waals surface area contributed by atoms with Crippen LogP contribution in [0.2, 0.25) is 5.02 Å². The van der Waals surface area contributed by atoms with Gasteiger partial charge in [0.05, 0.1) is 0 Å². The van der Waals surface area contributed by atoms with Gasteiger partial charge in [-0.1, -0.05) is 23.7 Å². The average molecular weight is 452 g/mol. The van der Waals surface area contributed by atoms with E-state index >= 15 is 0 Å². The van der Waals surface area contributed by atoms with Crippen LogP contribution in [0.3, 0.4) is 0 Å². The van der Waals surface area contributed by atoms with E-state index in [0.717, 1.165) is 18.4 Å². The van der Waals surface area contributed by atoms with Crippen LogP contribution in [0.15, 0.2) is 72.8 Å². The van der Waals surface area contributed by atoms with Gasteiger partial charge < -0.3 is 15.5 Å². The van der Waals surface area contributed by atoms with Crippen LogP contribution in [0, 0.1) is 5.82 Å². The molecule has 0 radical (unpaired) electrons. The van der Waals surface area contributed by atoms with Crippen LogP contribution in [-0.4, -0.2) is 29.9 Å². The lowest BCUT2D eigenvalue weighted by Crippen LogP contribution is -2.41. The van der Waals surface area contributed by atoms with Gasteiger partial charge in [-0.25, -0.2) is 9.18 Å². The van der Waals surface area contributed by atoms with Crippen LogP contribution in [0.5, 0.6) is 0 Å². The number of urea groups is 1. The van der Waals surface area contributed by atoms with Crippen LogP contribution in [0.1, 0.15) is 34.7 Å². The Morgan fingerprint density at radius 3 is 2.38 bits per heavy atom. The molecule has 32 heavy (non-hydrogen) atoms. The van der Waals surface area contributed by atoms with Crippen LogP contribution in [0.4, 0.5) is 20.6 Å². The number of carbonyl (C=O) groups is 2. The quantitative estimate of drug-likeness (QED) is 0.500. The first-order chi connectivity index (χ1) is 15.5. The van der Waals surface area contributed by atoms with Crippen molar-refractivity contribution in [3.8, 4) is 0 Å². The molecule has 0 aliphatic carbocycles. The van der Waals surface area contributed by atoms with Crippen LogP contribution < -0.4 is 10.6 Å². The zero-order valence-electron chi connectivity index (χ0n) is 17.4. The largest absolute Gasteiger partial charge is 0.324 e. The van der Waals surface area contributed by atoms with Gasteiger partial charge in [0, 0.05) is 41.0 Å². The lowest BCUT2D eigenvalue weighted by molar-refractivity contribution is 0.102. The molecule has 4 rings (SSSR count). The molecular weight excluding hydrogens is 429 g/mol. The second kappa shape index (κ2) is 9.83. The maximum Gasteiger partial charge on any atom is 0.321 e. The topological polar surface area (TPSA) is 61.4 Å². The standard InChI is InChI=1S/C25H23ClFN3O2/c26-20-6-10-23(11-7-20)29-25(32)30-14-2-5-19(16-30)17-3-1-4-18(15-17)24(31)28-22-12-8-21(27)9-13-22/h1,3-4,6-13,15,19H,2,5,14,16H2,(H,28,31)(H,29,32)/t19-/m1/s1. The van der Waals surface area contributed by atoms with Crippen LogP contribution >= 0.6 is 11.6 Å². The Labute approximate surface area is 191 Å². The third kappa shape index (κ3) is 5.45. The van der Waals surface area contributed by atoms with E-state index in [2.05, 4.69) is 10.6 Å². The van der Waals surface area contributed by atoms with E-state index in [1.807, 2.05) is 18.2 Å². The number of hydrogen-bond donors (Lipinski definition) is 2. The molecule has 1 fully saturated rings. The van der Waals surface area contributed by atoms with Crippen molar-refractivity contribution in [3.63, 3.8) is 0 Å². The molecular formula is C25H23ClFN3O2. The summed E-state index contributed by atoms with van der Waals surface area (Å²) in [5, 5.41) is 6.31. The van der Waals surface area contributed by atoms with Gasteiger partial charge in [0.1, 0.15) is 5.82 Å². The van der Waals surface area contributed by atoms with Crippen molar-refractivity contribution >= 4 is 34.9 Å². The molecule has 0 unspecified atom stereocenters. The molecule has 3 amide bonds. The molecule has 2 N–H and O–H groups in total. The number of nitrogens with one attached hydrogen (secondary N) is 2. The first-order valence-corrected chi connectivity index (χ1v) is 10.8. The predicted octanol–water partition coefficient (Wildman–Crippen LogP) is 6.14. The normalized spacial score (nSPS) is 15.8. The fourth-order valence-corrected chi connectivity index (χ4v) is 3.97. The van der Waals surface area contributed by atoms with Crippen molar-refractivity contribution in [2.75, 3.05) is 23.7 Å². The molecule has 1 aliphatic rings. The van der Waals surface area contributed by atoms with Crippen LogP contribution in [0.25, 0.3) is 0 Å². The highest BCUT2D eigenvalue weighted by Crippen LogP contribution is 2.28. The minimum atomic E-state index is -0.355. The van der Waals surface area contributed by atoms with Crippen molar-refractivity contribution < 1.29 is 14.0 Å². The van der Waals surface area contributed by atoms with Crippen LogP contribution in [-0.2, 0) is 0 Å². The van der Waals surface area contributed by atoms with Gasteiger partial charge in [0.15, 0.2) is 0 Å². The average Bonchev–Trinajstić information content (AvgIpc) is 2.82. The summed E-state index contributed by atoms with van der Waals surface area (Å²) in [5.41, 5.74) is 2.76. The Morgan fingerprint density at radius 2 is 1.62 bits per heavy atom. The number of anilines is 2. The van der Waals surface area contributed by atoms with Gasteiger partial charge in [0.2, 0.25) is 0 Å². The maximum atomic E-state index is 13.1. The molecule has 3 aromatic rings. The molecule has 1 heterocycles. The van der Waals surface area contributed by atoms with Crippen molar-refractivity contribution in [1.29, 1.82) is 0 Å². The summed E-state index contributed by atoms with van der Waals surface area (Å²) in [6, 6.07) is 20.0. The van der Waals surface area contributed by atoms with Crippen molar-refractivity contribution in [2.24, 2.45) is 0 Å². The summed E-state index contributed by atoms with van der Waals surface area (Å²) in [5.74, 6) is -0.475. The fourth-order valence-electron chi connectivity index (χ4n) is 3.84. The molecule has 0 spiro atoms. The monoisotopic (exact) mass is 451 g/mol. The van der Waals surface area contributed by atoms with Gasteiger partial charge in [-0.3, -0.25) is 4.79 Å². The number of nitrogens with zero attached hydrogens (tertiary/aromatic N) is 1. The number of carbonyl (C=O) groups excluding carboxylic acids is 2. The Balaban J connectivity index is 1.41. The van der Waals surface area contributed by atoms with E-state index in [9.17, 15) is 14.0 Å². The number of amides is 3. The highest BCUT2D eigenvalue weighted by Gasteiger charge is 2.25. The molecule has 5 nitrogen and oxygen atoms in total.